The van der Waals surface area contributed by atoms with E-state index in [0.29, 0.717) is 17.9 Å². The highest BCUT2D eigenvalue weighted by Gasteiger charge is 2.45. The Morgan fingerprint density at radius 3 is 2.57 bits per heavy atom. The summed E-state index contributed by atoms with van der Waals surface area (Å²) in [5.41, 5.74) is 5.80. The first-order valence-electron chi connectivity index (χ1n) is 9.01. The van der Waals surface area contributed by atoms with Crippen molar-refractivity contribution >= 4 is 0 Å². The van der Waals surface area contributed by atoms with E-state index < -0.39 is 0 Å². The SMILES string of the molecule is C=CC(C)c1cc(C)c2c(c1OC)C(N(C)C)C1CCCCC21. The monoisotopic (exact) mass is 313 g/mol. The van der Waals surface area contributed by atoms with Crippen molar-refractivity contribution in [3.8, 4) is 5.75 Å². The number of allylic oxidation sites excluding steroid dienone is 1. The number of rotatable bonds is 4. The Balaban J connectivity index is 2.25. The largest absolute Gasteiger partial charge is 0.496 e. The molecule has 2 heteroatoms. The molecule has 1 fully saturated rings. The number of nitrogens with zero attached hydrogens (tertiary/aromatic N) is 1. The average molecular weight is 313 g/mol. The summed E-state index contributed by atoms with van der Waals surface area (Å²) >= 11 is 0. The Bertz CT molecular complexity index is 604. The van der Waals surface area contributed by atoms with E-state index in [-0.39, 0.29) is 0 Å². The zero-order valence-electron chi connectivity index (χ0n) is 15.4. The number of fused-ring (bicyclic) bond motifs is 3. The molecule has 4 unspecified atom stereocenters. The van der Waals surface area contributed by atoms with Crippen LogP contribution in [0, 0.1) is 12.8 Å². The van der Waals surface area contributed by atoms with Gasteiger partial charge in [-0.15, -0.1) is 6.58 Å². The third kappa shape index (κ3) is 2.52. The minimum Gasteiger partial charge on any atom is -0.496 e. The molecule has 0 bridgehead atoms. The molecule has 0 N–H and O–H groups in total. The summed E-state index contributed by atoms with van der Waals surface area (Å²) in [5, 5.41) is 0. The maximum atomic E-state index is 5.98. The second kappa shape index (κ2) is 6.32. The lowest BCUT2D eigenvalue weighted by atomic mass is 9.77. The van der Waals surface area contributed by atoms with Gasteiger partial charge < -0.3 is 9.64 Å². The van der Waals surface area contributed by atoms with Crippen LogP contribution in [0.25, 0.3) is 0 Å². The van der Waals surface area contributed by atoms with Crippen LogP contribution in [0.3, 0.4) is 0 Å². The van der Waals surface area contributed by atoms with Crippen molar-refractivity contribution in [1.82, 2.24) is 4.90 Å². The Labute approximate surface area is 141 Å². The van der Waals surface area contributed by atoms with Crippen LogP contribution >= 0.6 is 0 Å². The number of hydrogen-bond acceptors (Lipinski definition) is 2. The molecule has 1 aromatic rings. The molecule has 4 atom stereocenters. The van der Waals surface area contributed by atoms with Gasteiger partial charge in [-0.25, -0.2) is 0 Å². The first kappa shape index (κ1) is 16.6. The van der Waals surface area contributed by atoms with E-state index in [1.165, 1.54) is 42.4 Å². The molecule has 2 aliphatic carbocycles. The van der Waals surface area contributed by atoms with Crippen LogP contribution in [0.5, 0.6) is 5.75 Å². The smallest absolute Gasteiger partial charge is 0.127 e. The van der Waals surface area contributed by atoms with Gasteiger partial charge in [0.25, 0.3) is 0 Å². The van der Waals surface area contributed by atoms with Crippen LogP contribution in [0.4, 0.5) is 0 Å². The van der Waals surface area contributed by atoms with Gasteiger partial charge >= 0.3 is 0 Å². The summed E-state index contributed by atoms with van der Waals surface area (Å²) in [4.78, 5) is 2.42. The van der Waals surface area contributed by atoms with E-state index in [1.54, 1.807) is 5.56 Å². The van der Waals surface area contributed by atoms with Crippen molar-refractivity contribution in [2.24, 2.45) is 5.92 Å². The van der Waals surface area contributed by atoms with Crippen LogP contribution in [0.15, 0.2) is 18.7 Å². The molecule has 2 nitrogen and oxygen atoms in total. The van der Waals surface area contributed by atoms with Crippen LogP contribution in [-0.2, 0) is 0 Å². The molecule has 1 aromatic carbocycles. The predicted molar refractivity (Wildman–Crippen MR) is 97.5 cm³/mol. The van der Waals surface area contributed by atoms with E-state index in [2.05, 4.69) is 45.5 Å². The summed E-state index contributed by atoms with van der Waals surface area (Å²) in [7, 11) is 6.28. The van der Waals surface area contributed by atoms with Crippen molar-refractivity contribution in [3.63, 3.8) is 0 Å². The van der Waals surface area contributed by atoms with Gasteiger partial charge in [0.05, 0.1) is 7.11 Å². The van der Waals surface area contributed by atoms with Crippen molar-refractivity contribution in [1.29, 1.82) is 0 Å². The van der Waals surface area contributed by atoms with Crippen molar-refractivity contribution in [3.05, 3.63) is 41.0 Å². The van der Waals surface area contributed by atoms with E-state index in [9.17, 15) is 0 Å². The number of ether oxygens (including phenoxy) is 1. The van der Waals surface area contributed by atoms with E-state index in [0.717, 1.165) is 11.7 Å². The molecule has 0 aromatic heterocycles. The third-order valence-electron chi connectivity index (χ3n) is 6.09. The Kier molecular flexibility index (Phi) is 4.55. The highest BCUT2D eigenvalue weighted by molar-refractivity contribution is 5.58. The summed E-state index contributed by atoms with van der Waals surface area (Å²) in [6.45, 7) is 8.50. The van der Waals surface area contributed by atoms with Gasteiger partial charge in [0.2, 0.25) is 0 Å². The van der Waals surface area contributed by atoms with Gasteiger partial charge in [-0.3, -0.25) is 0 Å². The number of hydrogen-bond donors (Lipinski definition) is 0. The molecule has 1 saturated carbocycles. The van der Waals surface area contributed by atoms with Crippen LogP contribution in [0.1, 0.15) is 72.7 Å². The second-order valence-corrected chi connectivity index (χ2v) is 7.63. The van der Waals surface area contributed by atoms with Crippen LogP contribution < -0.4 is 4.74 Å². The fourth-order valence-electron chi connectivity index (χ4n) is 5.10. The van der Waals surface area contributed by atoms with E-state index >= 15 is 0 Å². The van der Waals surface area contributed by atoms with Gasteiger partial charge in [0, 0.05) is 23.1 Å². The molecule has 0 amide bonds. The van der Waals surface area contributed by atoms with Crippen molar-refractivity contribution < 1.29 is 4.74 Å². The minimum atomic E-state index is 0.319. The van der Waals surface area contributed by atoms with Gasteiger partial charge in [-0.1, -0.05) is 31.9 Å². The number of benzene rings is 1. The molecule has 0 aliphatic heterocycles. The molecule has 23 heavy (non-hydrogen) atoms. The van der Waals surface area contributed by atoms with Gasteiger partial charge in [0.1, 0.15) is 5.75 Å². The number of methoxy groups -OCH3 is 1. The molecular formula is C21H31NO. The number of aryl methyl sites for hydroxylation is 1. The topological polar surface area (TPSA) is 12.5 Å². The lowest BCUT2D eigenvalue weighted by Crippen LogP contribution is -2.27. The predicted octanol–water partition coefficient (Wildman–Crippen LogP) is 5.18. The summed E-state index contributed by atoms with van der Waals surface area (Å²) < 4.78 is 5.98. The molecule has 0 spiro atoms. The Morgan fingerprint density at radius 2 is 1.96 bits per heavy atom. The standard InChI is InChI=1S/C21H31NO/c1-7-13(2)17-12-14(3)18-15-10-8-9-11-16(15)20(22(4)5)19(18)21(17)23-6/h7,12-13,15-16,20H,1,8-11H2,2-6H3. The molecule has 2 aliphatic rings. The highest BCUT2D eigenvalue weighted by atomic mass is 16.5. The normalized spacial score (nSPS) is 27.5. The Hall–Kier alpha value is -1.28. The lowest BCUT2D eigenvalue weighted by molar-refractivity contribution is 0.171. The summed E-state index contributed by atoms with van der Waals surface area (Å²) in [6, 6.07) is 2.84. The minimum absolute atomic E-state index is 0.319. The average Bonchev–Trinajstić information content (AvgIpc) is 2.89. The first-order chi connectivity index (χ1) is 11.0. The van der Waals surface area contributed by atoms with Crippen molar-refractivity contribution in [2.75, 3.05) is 21.2 Å². The van der Waals surface area contributed by atoms with E-state index in [1.807, 2.05) is 13.2 Å². The molecule has 0 saturated heterocycles. The fraction of sp³-hybridized carbons (Fsp3) is 0.619. The molecular weight excluding hydrogens is 282 g/mol. The molecule has 0 radical (unpaired) electrons. The van der Waals surface area contributed by atoms with Gasteiger partial charge in [0.15, 0.2) is 0 Å². The van der Waals surface area contributed by atoms with E-state index in [4.69, 9.17) is 4.74 Å². The van der Waals surface area contributed by atoms with Crippen LogP contribution in [-0.4, -0.2) is 26.1 Å². The highest BCUT2D eigenvalue weighted by Crippen LogP contribution is 2.58. The summed E-state index contributed by atoms with van der Waals surface area (Å²) in [6.07, 6.45) is 7.44. The second-order valence-electron chi connectivity index (χ2n) is 7.63. The Morgan fingerprint density at radius 1 is 1.26 bits per heavy atom. The lowest BCUT2D eigenvalue weighted by Gasteiger charge is -2.33. The quantitative estimate of drug-likeness (QED) is 0.710. The molecule has 126 valence electrons. The van der Waals surface area contributed by atoms with Crippen molar-refractivity contribution in [2.45, 2.75) is 57.4 Å². The zero-order valence-corrected chi connectivity index (χ0v) is 15.4. The van der Waals surface area contributed by atoms with Gasteiger partial charge in [-0.2, -0.15) is 0 Å². The zero-order chi connectivity index (χ0) is 16.7. The third-order valence-corrected chi connectivity index (χ3v) is 6.09. The van der Waals surface area contributed by atoms with Crippen LogP contribution in [0.2, 0.25) is 0 Å². The van der Waals surface area contributed by atoms with Gasteiger partial charge in [-0.05, 0) is 56.8 Å². The molecule has 3 rings (SSSR count). The first-order valence-corrected chi connectivity index (χ1v) is 9.01. The molecule has 0 heterocycles. The summed E-state index contributed by atoms with van der Waals surface area (Å²) in [5.74, 6) is 2.90. The fourth-order valence-corrected chi connectivity index (χ4v) is 5.10. The maximum Gasteiger partial charge on any atom is 0.127 e. The maximum absolute atomic E-state index is 5.98.